The van der Waals surface area contributed by atoms with E-state index in [4.69, 9.17) is 9.02 Å². The van der Waals surface area contributed by atoms with Crippen molar-refractivity contribution in [3.8, 4) is 5.75 Å². The summed E-state index contributed by atoms with van der Waals surface area (Å²) in [4.78, 5) is 12.1. The van der Waals surface area contributed by atoms with E-state index < -0.39 is 34.3 Å². The molecule has 0 spiro atoms. The molecule has 0 aliphatic heterocycles. The third-order valence-corrected chi connectivity index (χ3v) is 6.22. The maximum atomic E-state index is 14.1. The number of pyridine rings is 1. The zero-order valence-corrected chi connectivity index (χ0v) is 21.8. The van der Waals surface area contributed by atoms with Crippen molar-refractivity contribution in [1.82, 2.24) is 10.0 Å². The van der Waals surface area contributed by atoms with Gasteiger partial charge in [0.2, 0.25) is 0 Å². The zero-order valence-electron chi connectivity index (χ0n) is 21.0. The van der Waals surface area contributed by atoms with Crippen molar-refractivity contribution in [2.24, 2.45) is 0 Å². The molecule has 1 heterocycles. The van der Waals surface area contributed by atoms with Gasteiger partial charge in [-0.25, -0.2) is 0 Å². The number of fused-ring (bicyclic) bond motifs is 1. The number of aromatic nitrogens is 1. The highest BCUT2D eigenvalue weighted by molar-refractivity contribution is 7.86. The van der Waals surface area contributed by atoms with Gasteiger partial charge in [0.1, 0.15) is 17.9 Å². The lowest BCUT2D eigenvalue weighted by Crippen LogP contribution is -2.30. The number of hydrogen-bond donors (Lipinski definition) is 3. The smallest absolute Gasteiger partial charge is 0.324 e. The summed E-state index contributed by atoms with van der Waals surface area (Å²) in [6.45, 7) is 0.362. The summed E-state index contributed by atoms with van der Waals surface area (Å²) in [6.07, 6.45) is 2.87. The normalized spacial score (nSPS) is 13.1. The average molecular weight is 555 g/mol. The molecule has 1 aromatic heterocycles. The van der Waals surface area contributed by atoms with E-state index in [0.717, 1.165) is 31.6 Å². The second-order valence-electron chi connectivity index (χ2n) is 8.94. The summed E-state index contributed by atoms with van der Waals surface area (Å²) in [5.74, 6) is -3.40. The van der Waals surface area contributed by atoms with Crippen LogP contribution < -0.4 is 15.2 Å². The molecule has 3 aromatic rings. The fourth-order valence-corrected chi connectivity index (χ4v) is 4.37. The van der Waals surface area contributed by atoms with Gasteiger partial charge in [-0.2, -0.15) is 17.2 Å². The molecular formula is C26H32F2N2O7S. The van der Waals surface area contributed by atoms with Crippen LogP contribution in [0.4, 0.5) is 8.78 Å². The number of nitrogens with one attached hydrogen (secondary N) is 1. The molecule has 0 bridgehead atoms. The van der Waals surface area contributed by atoms with Crippen LogP contribution >= 0.6 is 0 Å². The van der Waals surface area contributed by atoms with E-state index in [1.165, 1.54) is 30.3 Å². The Morgan fingerprint density at radius 3 is 2.45 bits per heavy atom. The Morgan fingerprint density at radius 1 is 1.03 bits per heavy atom. The van der Waals surface area contributed by atoms with Gasteiger partial charge in [-0.3, -0.25) is 9.08 Å². The number of nitrogens with zero attached hydrogens (tertiary/aromatic N) is 1. The summed E-state index contributed by atoms with van der Waals surface area (Å²) >= 11 is 0. The SMILES string of the molecule is CS(=O)(=O)On1c(=O)ccc2c(C(O)CNCCCCCCOCC(F)(F)c3ccccc3)ccc(O)c21. The number of unbranched alkanes of at least 4 members (excludes halogenated alkanes) is 3. The Hall–Kier alpha value is -3.06. The molecule has 0 aliphatic rings. The third-order valence-electron chi connectivity index (χ3n) is 5.80. The monoisotopic (exact) mass is 554 g/mol. The molecule has 12 heteroatoms. The molecule has 38 heavy (non-hydrogen) atoms. The fourth-order valence-electron chi connectivity index (χ4n) is 3.96. The summed E-state index contributed by atoms with van der Waals surface area (Å²) in [5.41, 5.74) is -0.646. The van der Waals surface area contributed by atoms with Gasteiger partial charge >= 0.3 is 10.1 Å². The van der Waals surface area contributed by atoms with Crippen LogP contribution in [-0.2, 0) is 20.8 Å². The topological polar surface area (TPSA) is 127 Å². The molecule has 0 saturated carbocycles. The van der Waals surface area contributed by atoms with Crippen LogP contribution in [0.15, 0.2) is 59.4 Å². The van der Waals surface area contributed by atoms with E-state index >= 15 is 0 Å². The highest BCUT2D eigenvalue weighted by Crippen LogP contribution is 2.30. The molecule has 0 radical (unpaired) electrons. The van der Waals surface area contributed by atoms with E-state index in [1.54, 1.807) is 18.2 Å². The summed E-state index contributed by atoms with van der Waals surface area (Å²) in [6, 6.07) is 12.8. The van der Waals surface area contributed by atoms with E-state index in [2.05, 4.69) is 5.32 Å². The Bertz CT molecular complexity index is 1370. The van der Waals surface area contributed by atoms with E-state index in [1.807, 2.05) is 0 Å². The number of halogens is 2. The van der Waals surface area contributed by atoms with Gasteiger partial charge < -0.3 is 20.3 Å². The van der Waals surface area contributed by atoms with Crippen LogP contribution in [0.1, 0.15) is 42.9 Å². The van der Waals surface area contributed by atoms with Crippen LogP contribution in [0.25, 0.3) is 10.9 Å². The van der Waals surface area contributed by atoms with Gasteiger partial charge in [-0.1, -0.05) is 49.2 Å². The minimum atomic E-state index is -4.05. The molecule has 0 saturated heterocycles. The maximum absolute atomic E-state index is 14.1. The van der Waals surface area contributed by atoms with E-state index in [9.17, 15) is 32.2 Å². The standard InChI is InChI=1S/C26H32F2N2O7S/c1-38(34,35)37-30-24(33)14-12-21-20(11-13-22(31)25(21)30)23(32)17-29-15-7-2-3-8-16-36-18-26(27,28)19-9-5-4-6-10-19/h4-6,9-14,23,29,31-32H,2-3,7-8,15-18H2,1H3. The van der Waals surface area contributed by atoms with Gasteiger partial charge in [0.05, 0.1) is 12.4 Å². The van der Waals surface area contributed by atoms with Gasteiger partial charge in [-0.15, -0.1) is 4.73 Å². The van der Waals surface area contributed by atoms with Crippen LogP contribution in [-0.4, -0.2) is 55.9 Å². The Morgan fingerprint density at radius 2 is 1.74 bits per heavy atom. The number of aromatic hydroxyl groups is 1. The van der Waals surface area contributed by atoms with Crippen LogP contribution in [0.3, 0.4) is 0 Å². The highest BCUT2D eigenvalue weighted by atomic mass is 32.2. The fraction of sp³-hybridized carbons (Fsp3) is 0.423. The maximum Gasteiger partial charge on any atom is 0.324 e. The number of hydrogen-bond acceptors (Lipinski definition) is 8. The second kappa shape index (κ2) is 13.1. The van der Waals surface area contributed by atoms with Gasteiger partial charge in [0.15, 0.2) is 0 Å². The molecule has 9 nitrogen and oxygen atoms in total. The predicted molar refractivity (Wildman–Crippen MR) is 139 cm³/mol. The van der Waals surface area contributed by atoms with Crippen LogP contribution in [0.5, 0.6) is 5.75 Å². The third kappa shape index (κ3) is 8.22. The van der Waals surface area contributed by atoms with Gasteiger partial charge in [0.25, 0.3) is 11.5 Å². The first-order chi connectivity index (χ1) is 18.0. The van der Waals surface area contributed by atoms with Crippen molar-refractivity contribution in [3.05, 3.63) is 76.1 Å². The molecule has 0 aliphatic carbocycles. The predicted octanol–water partition coefficient (Wildman–Crippen LogP) is 3.09. The quantitative estimate of drug-likeness (QED) is 0.245. The lowest BCUT2D eigenvalue weighted by atomic mass is 10.0. The number of aliphatic hydroxyl groups excluding tert-OH is 1. The minimum absolute atomic E-state index is 0.0647. The lowest BCUT2D eigenvalue weighted by molar-refractivity contribution is -0.0831. The number of ether oxygens (including phenoxy) is 1. The molecule has 1 unspecified atom stereocenters. The first-order valence-corrected chi connectivity index (χ1v) is 14.0. The van der Waals surface area contributed by atoms with Crippen molar-refractivity contribution in [1.29, 1.82) is 0 Å². The summed E-state index contributed by atoms with van der Waals surface area (Å²) < 4.78 is 61.6. The largest absolute Gasteiger partial charge is 0.506 e. The number of benzene rings is 2. The number of alkyl halides is 2. The molecule has 0 fully saturated rings. The number of rotatable bonds is 15. The van der Waals surface area contributed by atoms with Crippen molar-refractivity contribution in [3.63, 3.8) is 0 Å². The number of phenols is 1. The first kappa shape index (κ1) is 29.5. The van der Waals surface area contributed by atoms with Crippen LogP contribution in [0.2, 0.25) is 0 Å². The molecule has 208 valence electrons. The number of aliphatic hydroxyl groups is 1. The zero-order chi connectivity index (χ0) is 27.8. The molecule has 1 atom stereocenters. The lowest BCUT2D eigenvalue weighted by Gasteiger charge is -2.17. The molecule has 2 aromatic carbocycles. The van der Waals surface area contributed by atoms with Crippen molar-refractivity contribution >= 4 is 21.0 Å². The molecule has 3 N–H and O–H groups in total. The Labute approximate surface area is 219 Å². The van der Waals surface area contributed by atoms with E-state index in [0.29, 0.717) is 23.3 Å². The summed E-state index contributed by atoms with van der Waals surface area (Å²) in [7, 11) is -4.05. The van der Waals surface area contributed by atoms with Crippen molar-refractivity contribution < 1.29 is 36.4 Å². The molecule has 3 rings (SSSR count). The van der Waals surface area contributed by atoms with Crippen LogP contribution in [0, 0.1) is 0 Å². The number of phenolic OH excluding ortho intramolecular Hbond substituents is 1. The van der Waals surface area contributed by atoms with Crippen molar-refractivity contribution in [2.45, 2.75) is 37.7 Å². The second-order valence-corrected chi connectivity index (χ2v) is 10.5. The molecule has 0 amide bonds. The molecular weight excluding hydrogens is 522 g/mol. The first-order valence-electron chi connectivity index (χ1n) is 12.2. The van der Waals surface area contributed by atoms with Gasteiger partial charge in [0, 0.05) is 30.2 Å². The highest BCUT2D eigenvalue weighted by Gasteiger charge is 2.31. The van der Waals surface area contributed by atoms with Crippen molar-refractivity contribution in [2.75, 3.05) is 32.6 Å². The minimum Gasteiger partial charge on any atom is -0.506 e. The average Bonchev–Trinajstić information content (AvgIpc) is 2.86. The Kier molecular flexibility index (Phi) is 10.2. The Balaban J connectivity index is 1.41. The summed E-state index contributed by atoms with van der Waals surface area (Å²) in [5, 5.41) is 24.3. The van der Waals surface area contributed by atoms with Gasteiger partial charge in [-0.05, 0) is 37.1 Å². The van der Waals surface area contributed by atoms with E-state index in [-0.39, 0.29) is 35.4 Å².